The molecule has 0 spiro atoms. The van der Waals surface area contributed by atoms with Gasteiger partial charge in [-0.15, -0.1) is 0 Å². The lowest BCUT2D eigenvalue weighted by molar-refractivity contribution is -0.139. The summed E-state index contributed by atoms with van der Waals surface area (Å²) >= 11 is 0. The third-order valence-electron chi connectivity index (χ3n) is 2.85. The molecule has 0 aliphatic carbocycles. The molecule has 2 atom stereocenters. The number of hydrogen-bond acceptors (Lipinski definition) is 3. The zero-order valence-corrected chi connectivity index (χ0v) is 10.8. The molecule has 1 aromatic rings. The number of hydrogen-bond donors (Lipinski definition) is 2. The summed E-state index contributed by atoms with van der Waals surface area (Å²) in [7, 11) is 0. The van der Waals surface area contributed by atoms with Crippen LogP contribution in [0.2, 0.25) is 0 Å². The zero-order chi connectivity index (χ0) is 14.6. The number of aliphatic hydroxyl groups is 1. The van der Waals surface area contributed by atoms with Crippen LogP contribution in [0.1, 0.15) is 19.4 Å². The fourth-order valence-corrected chi connectivity index (χ4v) is 1.63. The highest BCUT2D eigenvalue weighted by Gasteiger charge is 2.35. The van der Waals surface area contributed by atoms with E-state index in [1.807, 2.05) is 13.8 Å². The Morgan fingerprint density at radius 2 is 1.84 bits per heavy atom. The van der Waals surface area contributed by atoms with Crippen LogP contribution in [0.25, 0.3) is 0 Å². The molecule has 19 heavy (non-hydrogen) atoms. The quantitative estimate of drug-likeness (QED) is 0.869. The molecule has 3 nitrogen and oxygen atoms in total. The van der Waals surface area contributed by atoms with E-state index >= 15 is 0 Å². The molecule has 0 amide bonds. The minimum atomic E-state index is -4.50. The van der Waals surface area contributed by atoms with Gasteiger partial charge in [0.05, 0.1) is 12.2 Å². The van der Waals surface area contributed by atoms with Crippen molar-refractivity contribution in [2.45, 2.75) is 32.2 Å². The van der Waals surface area contributed by atoms with Crippen molar-refractivity contribution in [2.24, 2.45) is 11.7 Å². The molecule has 0 saturated carbocycles. The lowest BCUT2D eigenvalue weighted by Gasteiger charge is -2.27. The van der Waals surface area contributed by atoms with Crippen LogP contribution in [0, 0.1) is 5.92 Å². The molecule has 0 heterocycles. The van der Waals surface area contributed by atoms with Crippen molar-refractivity contribution in [1.82, 2.24) is 0 Å². The van der Waals surface area contributed by atoms with Crippen LogP contribution in [-0.2, 0) is 6.18 Å². The number of alkyl halides is 3. The van der Waals surface area contributed by atoms with Gasteiger partial charge in [-0.2, -0.15) is 13.2 Å². The van der Waals surface area contributed by atoms with E-state index in [-0.39, 0.29) is 11.7 Å². The molecule has 0 aliphatic rings. The van der Waals surface area contributed by atoms with Crippen molar-refractivity contribution < 1.29 is 23.0 Å². The fraction of sp³-hybridized carbons (Fsp3) is 0.538. The first kappa shape index (κ1) is 15.8. The second kappa shape index (κ2) is 6.25. The number of halogens is 3. The van der Waals surface area contributed by atoms with Crippen LogP contribution in [0.3, 0.4) is 0 Å². The Hall–Kier alpha value is -1.27. The highest BCUT2D eigenvalue weighted by molar-refractivity contribution is 5.35. The largest absolute Gasteiger partial charge is 0.486 e. The first-order valence-electron chi connectivity index (χ1n) is 5.96. The monoisotopic (exact) mass is 277 g/mol. The SMILES string of the molecule is CC(C)C(N)C(CO)Oc1ccccc1C(F)(F)F. The molecule has 1 rings (SSSR count). The van der Waals surface area contributed by atoms with Crippen LogP contribution in [0.4, 0.5) is 13.2 Å². The number of para-hydroxylation sites is 1. The molecule has 3 N–H and O–H groups in total. The molecular weight excluding hydrogens is 259 g/mol. The molecule has 0 fully saturated rings. The highest BCUT2D eigenvalue weighted by Crippen LogP contribution is 2.36. The summed E-state index contributed by atoms with van der Waals surface area (Å²) < 4.78 is 43.6. The summed E-state index contributed by atoms with van der Waals surface area (Å²) in [6.07, 6.45) is -5.37. The topological polar surface area (TPSA) is 55.5 Å². The molecular formula is C13H18F3NO2. The van der Waals surface area contributed by atoms with Crippen molar-refractivity contribution >= 4 is 0 Å². The standard InChI is InChI=1S/C13H18F3NO2/c1-8(2)12(17)11(7-18)19-10-6-4-3-5-9(10)13(14,15)16/h3-6,8,11-12,18H,7,17H2,1-2H3. The van der Waals surface area contributed by atoms with Crippen LogP contribution in [0.5, 0.6) is 5.75 Å². The van der Waals surface area contributed by atoms with Crippen molar-refractivity contribution in [1.29, 1.82) is 0 Å². The number of nitrogens with two attached hydrogens (primary N) is 1. The summed E-state index contributed by atoms with van der Waals surface area (Å²) in [5, 5.41) is 9.21. The number of aliphatic hydroxyl groups excluding tert-OH is 1. The smallest absolute Gasteiger partial charge is 0.419 e. The van der Waals surface area contributed by atoms with E-state index in [2.05, 4.69) is 0 Å². The second-order valence-corrected chi connectivity index (χ2v) is 4.65. The number of benzene rings is 1. The van der Waals surface area contributed by atoms with Gasteiger partial charge in [-0.1, -0.05) is 26.0 Å². The van der Waals surface area contributed by atoms with Gasteiger partial charge in [-0.3, -0.25) is 0 Å². The van der Waals surface area contributed by atoms with Crippen molar-refractivity contribution in [3.8, 4) is 5.75 Å². The van der Waals surface area contributed by atoms with Gasteiger partial charge in [0, 0.05) is 6.04 Å². The predicted octanol–water partition coefficient (Wildman–Crippen LogP) is 2.43. The molecule has 6 heteroatoms. The maximum atomic E-state index is 12.8. The summed E-state index contributed by atoms with van der Waals surface area (Å²) in [6.45, 7) is 3.18. The normalized spacial score (nSPS) is 15.4. The van der Waals surface area contributed by atoms with Gasteiger partial charge in [0.1, 0.15) is 11.9 Å². The van der Waals surface area contributed by atoms with E-state index in [1.54, 1.807) is 0 Å². The van der Waals surface area contributed by atoms with E-state index in [9.17, 15) is 18.3 Å². The minimum Gasteiger partial charge on any atom is -0.486 e. The Balaban J connectivity index is 2.98. The summed E-state index contributed by atoms with van der Waals surface area (Å²) in [6, 6.07) is 4.33. The molecule has 108 valence electrons. The van der Waals surface area contributed by atoms with E-state index < -0.39 is 30.5 Å². The van der Waals surface area contributed by atoms with Crippen LogP contribution in [-0.4, -0.2) is 23.9 Å². The van der Waals surface area contributed by atoms with Gasteiger partial charge in [-0.05, 0) is 18.1 Å². The first-order chi connectivity index (χ1) is 8.77. The molecule has 0 radical (unpaired) electrons. The van der Waals surface area contributed by atoms with Crippen LogP contribution < -0.4 is 10.5 Å². The highest BCUT2D eigenvalue weighted by atomic mass is 19.4. The molecule has 0 aromatic heterocycles. The average Bonchev–Trinajstić information content (AvgIpc) is 2.34. The maximum Gasteiger partial charge on any atom is 0.419 e. The number of rotatable bonds is 5. The zero-order valence-electron chi connectivity index (χ0n) is 10.8. The van der Waals surface area contributed by atoms with Crippen LogP contribution in [0.15, 0.2) is 24.3 Å². The minimum absolute atomic E-state index is 0.0183. The molecule has 0 aliphatic heterocycles. The number of ether oxygens (including phenoxy) is 1. The van der Waals surface area contributed by atoms with Gasteiger partial charge >= 0.3 is 6.18 Å². The summed E-state index contributed by atoms with van der Waals surface area (Å²) in [5.41, 5.74) is 4.94. The Kier molecular flexibility index (Phi) is 5.20. The van der Waals surface area contributed by atoms with E-state index in [0.717, 1.165) is 6.07 Å². The second-order valence-electron chi connectivity index (χ2n) is 4.65. The van der Waals surface area contributed by atoms with Gasteiger partial charge in [0.15, 0.2) is 0 Å². The van der Waals surface area contributed by atoms with E-state index in [1.165, 1.54) is 18.2 Å². The summed E-state index contributed by atoms with van der Waals surface area (Å²) in [5.74, 6) is -0.333. The van der Waals surface area contributed by atoms with Crippen LogP contribution >= 0.6 is 0 Å². The van der Waals surface area contributed by atoms with Gasteiger partial charge in [-0.25, -0.2) is 0 Å². The third-order valence-corrected chi connectivity index (χ3v) is 2.85. The molecule has 1 aromatic carbocycles. The van der Waals surface area contributed by atoms with Gasteiger partial charge < -0.3 is 15.6 Å². The Bertz CT molecular complexity index is 407. The van der Waals surface area contributed by atoms with E-state index in [0.29, 0.717) is 0 Å². The first-order valence-corrected chi connectivity index (χ1v) is 5.96. The Labute approximate surface area is 110 Å². The summed E-state index contributed by atoms with van der Waals surface area (Å²) in [4.78, 5) is 0. The van der Waals surface area contributed by atoms with Crippen molar-refractivity contribution in [3.05, 3.63) is 29.8 Å². The van der Waals surface area contributed by atoms with Gasteiger partial charge in [0.2, 0.25) is 0 Å². The van der Waals surface area contributed by atoms with Gasteiger partial charge in [0.25, 0.3) is 0 Å². The Morgan fingerprint density at radius 3 is 2.32 bits per heavy atom. The van der Waals surface area contributed by atoms with E-state index in [4.69, 9.17) is 10.5 Å². The lowest BCUT2D eigenvalue weighted by atomic mass is 10.00. The third kappa shape index (κ3) is 4.11. The molecule has 0 saturated heterocycles. The average molecular weight is 277 g/mol. The maximum absolute atomic E-state index is 12.8. The predicted molar refractivity (Wildman–Crippen MR) is 65.8 cm³/mol. The molecule has 0 bridgehead atoms. The lowest BCUT2D eigenvalue weighted by Crippen LogP contribution is -2.45. The van der Waals surface area contributed by atoms with Crippen molar-refractivity contribution in [3.63, 3.8) is 0 Å². The Morgan fingerprint density at radius 1 is 1.26 bits per heavy atom. The fourth-order valence-electron chi connectivity index (χ4n) is 1.63. The molecule has 2 unspecified atom stereocenters. The van der Waals surface area contributed by atoms with Crippen molar-refractivity contribution in [2.75, 3.05) is 6.61 Å².